The third-order valence-corrected chi connectivity index (χ3v) is 5.04. The Labute approximate surface area is 149 Å². The molecule has 1 amide bonds. The lowest BCUT2D eigenvalue weighted by Gasteiger charge is -2.05. The first-order valence-corrected chi connectivity index (χ1v) is 9.22. The molecule has 0 saturated carbocycles. The van der Waals surface area contributed by atoms with Gasteiger partial charge in [-0.2, -0.15) is 0 Å². The molecule has 0 fully saturated rings. The number of methoxy groups -OCH3 is 1. The van der Waals surface area contributed by atoms with Crippen LogP contribution in [0.2, 0.25) is 0 Å². The minimum Gasteiger partial charge on any atom is -0.497 e. The van der Waals surface area contributed by atoms with Crippen molar-refractivity contribution in [3.05, 3.63) is 42.5 Å². The van der Waals surface area contributed by atoms with Crippen molar-refractivity contribution in [3.8, 4) is 5.75 Å². The van der Waals surface area contributed by atoms with Gasteiger partial charge in [-0.15, -0.1) is 16.8 Å². The largest absolute Gasteiger partial charge is 0.497 e. The third-order valence-electron chi connectivity index (χ3n) is 3.03. The van der Waals surface area contributed by atoms with Crippen LogP contribution in [-0.2, 0) is 11.2 Å². The van der Waals surface area contributed by atoms with E-state index in [0.29, 0.717) is 18.8 Å². The van der Waals surface area contributed by atoms with Gasteiger partial charge in [-0.3, -0.25) is 4.79 Å². The molecule has 1 aromatic carbocycles. The number of ether oxygens (including phenoxy) is 1. The fraction of sp³-hybridized carbons (Fsp3) is 0.312. The van der Waals surface area contributed by atoms with Gasteiger partial charge in [-0.05, 0) is 24.1 Å². The Kier molecular flexibility index (Phi) is 7.57. The maximum absolute atomic E-state index is 11.9. The molecule has 0 radical (unpaired) electrons. The van der Waals surface area contributed by atoms with Crippen LogP contribution in [0.15, 0.2) is 41.3 Å². The predicted molar refractivity (Wildman–Crippen MR) is 99.0 cm³/mol. The van der Waals surface area contributed by atoms with E-state index < -0.39 is 0 Å². The highest BCUT2D eigenvalue weighted by Crippen LogP contribution is 2.25. The topological polar surface area (TPSA) is 76.1 Å². The van der Waals surface area contributed by atoms with Crippen LogP contribution in [0.5, 0.6) is 5.75 Å². The summed E-state index contributed by atoms with van der Waals surface area (Å²) in [5.74, 6) is 1.15. The summed E-state index contributed by atoms with van der Waals surface area (Å²) in [4.78, 5) is 11.9. The Balaban J connectivity index is 1.65. The van der Waals surface area contributed by atoms with E-state index >= 15 is 0 Å². The van der Waals surface area contributed by atoms with Crippen LogP contribution in [0.25, 0.3) is 0 Å². The van der Waals surface area contributed by atoms with Crippen molar-refractivity contribution in [3.63, 3.8) is 0 Å². The van der Waals surface area contributed by atoms with Gasteiger partial charge in [-0.25, -0.2) is 0 Å². The molecule has 0 atom stereocenters. The normalized spacial score (nSPS) is 10.2. The second kappa shape index (κ2) is 9.94. The monoisotopic (exact) mass is 364 g/mol. The Hall–Kier alpha value is -2.06. The number of nitrogens with zero attached hydrogens (tertiary/aromatic N) is 2. The quantitative estimate of drug-likeness (QED) is 0.498. The molecule has 2 aromatic rings. The Morgan fingerprint density at radius 3 is 2.88 bits per heavy atom. The molecule has 0 bridgehead atoms. The van der Waals surface area contributed by atoms with E-state index in [0.717, 1.165) is 27.2 Å². The standard InChI is InChI=1S/C16H20N4O2S2/c1-3-9-18-15-19-20-16(24-15)23-11-14(21)17-10-8-12-4-6-13(22-2)7-5-12/h3-7H,1,8-11H2,2H3,(H,17,21)(H,18,19). The van der Waals surface area contributed by atoms with Crippen molar-refractivity contribution in [2.75, 3.05) is 31.3 Å². The zero-order valence-corrected chi connectivity index (χ0v) is 15.1. The van der Waals surface area contributed by atoms with Gasteiger partial charge in [0.15, 0.2) is 4.34 Å². The van der Waals surface area contributed by atoms with Crippen molar-refractivity contribution in [2.45, 2.75) is 10.8 Å². The molecule has 0 saturated heterocycles. The average Bonchev–Trinajstić information content (AvgIpc) is 3.06. The minimum absolute atomic E-state index is 0.00990. The smallest absolute Gasteiger partial charge is 0.230 e. The fourth-order valence-electron chi connectivity index (χ4n) is 1.82. The number of nitrogens with one attached hydrogen (secondary N) is 2. The second-order valence-electron chi connectivity index (χ2n) is 4.78. The van der Waals surface area contributed by atoms with Crippen LogP contribution in [0.3, 0.4) is 0 Å². The summed E-state index contributed by atoms with van der Waals surface area (Å²) in [5, 5.41) is 14.7. The molecule has 2 rings (SSSR count). The van der Waals surface area contributed by atoms with E-state index in [1.54, 1.807) is 13.2 Å². The second-order valence-corrected chi connectivity index (χ2v) is 6.98. The number of amides is 1. The zero-order valence-electron chi connectivity index (χ0n) is 13.4. The highest BCUT2D eigenvalue weighted by molar-refractivity contribution is 8.01. The van der Waals surface area contributed by atoms with Gasteiger partial charge in [0, 0.05) is 13.1 Å². The van der Waals surface area contributed by atoms with Crippen LogP contribution in [0.1, 0.15) is 5.56 Å². The van der Waals surface area contributed by atoms with Crippen LogP contribution in [0, 0.1) is 0 Å². The molecule has 0 aliphatic heterocycles. The van der Waals surface area contributed by atoms with E-state index in [4.69, 9.17) is 4.74 Å². The van der Waals surface area contributed by atoms with E-state index in [2.05, 4.69) is 27.4 Å². The molecule has 1 aromatic heterocycles. The number of benzene rings is 1. The predicted octanol–water partition coefficient (Wildman–Crippen LogP) is 2.60. The molecule has 24 heavy (non-hydrogen) atoms. The summed E-state index contributed by atoms with van der Waals surface area (Å²) in [5.41, 5.74) is 1.16. The van der Waals surface area contributed by atoms with Crippen molar-refractivity contribution in [1.29, 1.82) is 0 Å². The van der Waals surface area contributed by atoms with Gasteiger partial charge in [0.05, 0.1) is 12.9 Å². The lowest BCUT2D eigenvalue weighted by molar-refractivity contribution is -0.118. The summed E-state index contributed by atoms with van der Waals surface area (Å²) in [6, 6.07) is 7.83. The Morgan fingerprint density at radius 2 is 2.17 bits per heavy atom. The van der Waals surface area contributed by atoms with E-state index in [1.807, 2.05) is 24.3 Å². The number of hydrogen-bond acceptors (Lipinski definition) is 7. The summed E-state index contributed by atoms with van der Waals surface area (Å²) >= 11 is 2.81. The maximum atomic E-state index is 11.9. The average molecular weight is 364 g/mol. The zero-order chi connectivity index (χ0) is 17.2. The first-order chi connectivity index (χ1) is 11.7. The molecule has 0 spiro atoms. The number of carbonyl (C=O) groups is 1. The van der Waals surface area contributed by atoms with Gasteiger partial charge in [0.2, 0.25) is 11.0 Å². The van der Waals surface area contributed by atoms with Gasteiger partial charge >= 0.3 is 0 Å². The number of anilines is 1. The molecule has 8 heteroatoms. The van der Waals surface area contributed by atoms with Gasteiger partial charge in [0.25, 0.3) is 0 Å². The van der Waals surface area contributed by atoms with E-state index in [1.165, 1.54) is 23.1 Å². The van der Waals surface area contributed by atoms with Crippen molar-refractivity contribution >= 4 is 34.1 Å². The van der Waals surface area contributed by atoms with E-state index in [-0.39, 0.29) is 5.91 Å². The summed E-state index contributed by atoms with van der Waals surface area (Å²) in [6.45, 7) is 4.88. The summed E-state index contributed by atoms with van der Waals surface area (Å²) in [7, 11) is 1.64. The molecule has 0 unspecified atom stereocenters. The van der Waals surface area contributed by atoms with Gasteiger partial charge < -0.3 is 15.4 Å². The maximum Gasteiger partial charge on any atom is 0.230 e. The summed E-state index contributed by atoms with van der Waals surface area (Å²) < 4.78 is 5.89. The molecule has 0 aliphatic rings. The molecule has 128 valence electrons. The highest BCUT2D eigenvalue weighted by atomic mass is 32.2. The van der Waals surface area contributed by atoms with Crippen LogP contribution in [0.4, 0.5) is 5.13 Å². The third kappa shape index (κ3) is 6.21. The molecular formula is C16H20N4O2S2. The number of hydrogen-bond donors (Lipinski definition) is 2. The van der Waals surface area contributed by atoms with Crippen molar-refractivity contribution < 1.29 is 9.53 Å². The number of thioether (sulfide) groups is 1. The van der Waals surface area contributed by atoms with Crippen LogP contribution in [-0.4, -0.2) is 42.1 Å². The van der Waals surface area contributed by atoms with Gasteiger partial charge in [0.1, 0.15) is 5.75 Å². The van der Waals surface area contributed by atoms with E-state index in [9.17, 15) is 4.79 Å². The molecule has 0 aliphatic carbocycles. The molecule has 6 nitrogen and oxygen atoms in total. The van der Waals surface area contributed by atoms with Crippen molar-refractivity contribution in [2.24, 2.45) is 0 Å². The van der Waals surface area contributed by atoms with Gasteiger partial charge in [-0.1, -0.05) is 41.3 Å². The molecular weight excluding hydrogens is 344 g/mol. The van der Waals surface area contributed by atoms with Crippen LogP contribution < -0.4 is 15.4 Å². The number of rotatable bonds is 10. The molecule has 1 heterocycles. The van der Waals surface area contributed by atoms with Crippen molar-refractivity contribution in [1.82, 2.24) is 15.5 Å². The summed E-state index contributed by atoms with van der Waals surface area (Å²) in [6.07, 6.45) is 2.54. The highest BCUT2D eigenvalue weighted by Gasteiger charge is 2.07. The lowest BCUT2D eigenvalue weighted by Crippen LogP contribution is -2.27. The number of aromatic nitrogens is 2. The first-order valence-electron chi connectivity index (χ1n) is 7.42. The molecule has 2 N–H and O–H groups in total. The first kappa shape index (κ1) is 18.3. The minimum atomic E-state index is -0.00990. The van der Waals surface area contributed by atoms with Crippen LogP contribution >= 0.6 is 23.1 Å². The Bertz CT molecular complexity index is 658. The Morgan fingerprint density at radius 1 is 1.38 bits per heavy atom. The SMILES string of the molecule is C=CCNc1nnc(SCC(=O)NCCc2ccc(OC)cc2)s1. The fourth-order valence-corrected chi connectivity index (χ4v) is 3.40. The lowest BCUT2D eigenvalue weighted by atomic mass is 10.1. The number of carbonyl (C=O) groups excluding carboxylic acids is 1.